The van der Waals surface area contributed by atoms with E-state index >= 15 is 0 Å². The largest absolute Gasteiger partial charge is 0.356 e. The summed E-state index contributed by atoms with van der Waals surface area (Å²) >= 11 is 0. The number of piperidine rings is 1. The zero-order valence-corrected chi connectivity index (χ0v) is 11.8. The highest BCUT2D eigenvalue weighted by atomic mass is 15.2. The topological polar surface area (TPSA) is 39.9 Å². The lowest BCUT2D eigenvalue weighted by atomic mass is 9.86. The molecule has 1 fully saturated rings. The summed E-state index contributed by atoms with van der Waals surface area (Å²) in [7, 11) is 0. The number of nitrogens with zero attached hydrogens (tertiary/aromatic N) is 3. The van der Waals surface area contributed by atoms with E-state index in [0.717, 1.165) is 31.7 Å². The Labute approximate surface area is 119 Å². The first-order valence-electron chi connectivity index (χ1n) is 7.28. The maximum atomic E-state index is 9.04. The molecule has 1 aromatic heterocycles. The van der Waals surface area contributed by atoms with Crippen molar-refractivity contribution in [2.45, 2.75) is 19.8 Å². The number of nitriles is 1. The van der Waals surface area contributed by atoms with E-state index in [1.54, 1.807) is 0 Å². The van der Waals surface area contributed by atoms with Crippen LogP contribution in [0.15, 0.2) is 36.5 Å². The Kier molecular flexibility index (Phi) is 3.56. The smallest absolute Gasteiger partial charge is 0.136 e. The average molecular weight is 265 g/mol. The second-order valence-electron chi connectivity index (χ2n) is 5.60. The van der Waals surface area contributed by atoms with Gasteiger partial charge in [-0.1, -0.05) is 24.3 Å². The van der Waals surface area contributed by atoms with Gasteiger partial charge in [0.2, 0.25) is 0 Å². The van der Waals surface area contributed by atoms with Crippen molar-refractivity contribution in [1.82, 2.24) is 4.98 Å². The molecule has 3 nitrogen and oxygen atoms in total. The van der Waals surface area contributed by atoms with Gasteiger partial charge >= 0.3 is 0 Å². The van der Waals surface area contributed by atoms with E-state index in [9.17, 15) is 0 Å². The maximum absolute atomic E-state index is 9.04. The molecule has 1 aromatic carbocycles. The van der Waals surface area contributed by atoms with Crippen LogP contribution in [0, 0.1) is 23.2 Å². The summed E-state index contributed by atoms with van der Waals surface area (Å²) in [5, 5.41) is 11.5. The molecule has 1 aliphatic heterocycles. The Hall–Kier alpha value is -2.08. The van der Waals surface area contributed by atoms with Crippen molar-refractivity contribution in [3.05, 3.63) is 36.5 Å². The lowest BCUT2D eigenvalue weighted by Gasteiger charge is -2.34. The third-order valence-corrected chi connectivity index (χ3v) is 4.40. The molecule has 3 heteroatoms. The Morgan fingerprint density at radius 3 is 2.75 bits per heavy atom. The van der Waals surface area contributed by atoms with E-state index in [4.69, 9.17) is 5.26 Å². The van der Waals surface area contributed by atoms with E-state index < -0.39 is 0 Å². The number of pyridine rings is 1. The molecule has 1 atom stereocenters. The molecule has 1 unspecified atom stereocenters. The Bertz CT molecular complexity index is 631. The number of aromatic nitrogens is 1. The summed E-state index contributed by atoms with van der Waals surface area (Å²) < 4.78 is 0. The van der Waals surface area contributed by atoms with Crippen molar-refractivity contribution < 1.29 is 0 Å². The highest BCUT2D eigenvalue weighted by Gasteiger charge is 2.25. The molecule has 1 saturated heterocycles. The minimum atomic E-state index is 0.164. The number of anilines is 1. The maximum Gasteiger partial charge on any atom is 0.136 e. The number of hydrogen-bond acceptors (Lipinski definition) is 3. The molecule has 3 rings (SSSR count). The van der Waals surface area contributed by atoms with E-state index in [1.165, 1.54) is 10.8 Å². The Balaban J connectivity index is 1.82. The van der Waals surface area contributed by atoms with Gasteiger partial charge < -0.3 is 4.90 Å². The van der Waals surface area contributed by atoms with Crippen LogP contribution in [0.5, 0.6) is 0 Å². The van der Waals surface area contributed by atoms with Gasteiger partial charge in [0.15, 0.2) is 0 Å². The normalized spacial score (nSPS) is 17.9. The van der Waals surface area contributed by atoms with Gasteiger partial charge in [-0.05, 0) is 37.1 Å². The van der Waals surface area contributed by atoms with Crippen LogP contribution in [-0.2, 0) is 0 Å². The second-order valence-corrected chi connectivity index (χ2v) is 5.60. The molecular weight excluding hydrogens is 246 g/mol. The summed E-state index contributed by atoms with van der Waals surface area (Å²) in [6, 6.07) is 12.8. The van der Waals surface area contributed by atoms with Crippen molar-refractivity contribution in [3.8, 4) is 6.07 Å². The molecule has 0 saturated carbocycles. The molecule has 20 heavy (non-hydrogen) atoms. The third kappa shape index (κ3) is 2.34. The van der Waals surface area contributed by atoms with Gasteiger partial charge in [-0.15, -0.1) is 0 Å². The highest BCUT2D eigenvalue weighted by Crippen LogP contribution is 2.30. The van der Waals surface area contributed by atoms with Gasteiger partial charge in [0.25, 0.3) is 0 Å². The minimum absolute atomic E-state index is 0.164. The molecule has 0 N–H and O–H groups in total. The van der Waals surface area contributed by atoms with Gasteiger partial charge in [0, 0.05) is 30.6 Å². The lowest BCUT2D eigenvalue weighted by Crippen LogP contribution is -2.36. The Morgan fingerprint density at radius 2 is 2.00 bits per heavy atom. The SMILES string of the molecule is CC(C#N)C1CCN(c2nccc3ccccc23)CC1. The van der Waals surface area contributed by atoms with E-state index in [-0.39, 0.29) is 5.92 Å². The number of fused-ring (bicyclic) bond motifs is 1. The summed E-state index contributed by atoms with van der Waals surface area (Å²) in [5.74, 6) is 1.79. The van der Waals surface area contributed by atoms with Gasteiger partial charge in [-0.25, -0.2) is 4.98 Å². The van der Waals surface area contributed by atoms with Crippen molar-refractivity contribution in [2.75, 3.05) is 18.0 Å². The average Bonchev–Trinajstić information content (AvgIpc) is 2.54. The van der Waals surface area contributed by atoms with Crippen molar-refractivity contribution in [3.63, 3.8) is 0 Å². The second kappa shape index (κ2) is 5.50. The molecule has 0 aliphatic carbocycles. The predicted octanol–water partition coefficient (Wildman–Crippen LogP) is 3.61. The van der Waals surface area contributed by atoms with Gasteiger partial charge in [-0.2, -0.15) is 5.26 Å². The fraction of sp³-hybridized carbons (Fsp3) is 0.412. The number of rotatable bonds is 2. The van der Waals surface area contributed by atoms with E-state index in [2.05, 4.69) is 46.3 Å². The fourth-order valence-corrected chi connectivity index (χ4v) is 3.07. The number of benzene rings is 1. The highest BCUT2D eigenvalue weighted by molar-refractivity contribution is 5.92. The first-order valence-corrected chi connectivity index (χ1v) is 7.28. The first kappa shape index (κ1) is 12.9. The van der Waals surface area contributed by atoms with Crippen LogP contribution >= 0.6 is 0 Å². The zero-order valence-electron chi connectivity index (χ0n) is 11.8. The van der Waals surface area contributed by atoms with Crippen LogP contribution in [-0.4, -0.2) is 18.1 Å². The fourth-order valence-electron chi connectivity index (χ4n) is 3.07. The van der Waals surface area contributed by atoms with Gasteiger partial charge in [0.05, 0.1) is 6.07 Å². The van der Waals surface area contributed by atoms with E-state index in [0.29, 0.717) is 5.92 Å². The summed E-state index contributed by atoms with van der Waals surface area (Å²) in [6.45, 7) is 4.03. The lowest BCUT2D eigenvalue weighted by molar-refractivity contribution is 0.341. The van der Waals surface area contributed by atoms with Crippen molar-refractivity contribution in [2.24, 2.45) is 11.8 Å². The monoisotopic (exact) mass is 265 g/mol. The molecular formula is C17H19N3. The zero-order chi connectivity index (χ0) is 13.9. The summed E-state index contributed by atoms with van der Waals surface area (Å²) in [4.78, 5) is 6.95. The standard InChI is InChI=1S/C17H19N3/c1-13(12-18)14-7-10-20(11-8-14)17-16-5-3-2-4-15(16)6-9-19-17/h2-6,9,13-14H,7-8,10-11H2,1H3. The molecule has 0 bridgehead atoms. The number of hydrogen-bond donors (Lipinski definition) is 0. The van der Waals surface area contributed by atoms with Crippen molar-refractivity contribution in [1.29, 1.82) is 5.26 Å². The third-order valence-electron chi connectivity index (χ3n) is 4.40. The van der Waals surface area contributed by atoms with Gasteiger partial charge in [0.1, 0.15) is 5.82 Å². The van der Waals surface area contributed by atoms with Gasteiger partial charge in [-0.3, -0.25) is 0 Å². The van der Waals surface area contributed by atoms with Crippen LogP contribution < -0.4 is 4.90 Å². The molecule has 2 aromatic rings. The molecule has 1 aliphatic rings. The van der Waals surface area contributed by atoms with Crippen LogP contribution in [0.4, 0.5) is 5.82 Å². The quantitative estimate of drug-likeness (QED) is 0.832. The summed E-state index contributed by atoms with van der Waals surface area (Å²) in [6.07, 6.45) is 4.06. The van der Waals surface area contributed by atoms with Crippen LogP contribution in [0.25, 0.3) is 10.8 Å². The molecule has 2 heterocycles. The van der Waals surface area contributed by atoms with E-state index in [1.807, 2.05) is 13.1 Å². The predicted molar refractivity (Wildman–Crippen MR) is 81.5 cm³/mol. The summed E-state index contributed by atoms with van der Waals surface area (Å²) in [5.41, 5.74) is 0. The molecule has 102 valence electrons. The Morgan fingerprint density at radius 1 is 1.25 bits per heavy atom. The molecule has 0 radical (unpaired) electrons. The molecule has 0 spiro atoms. The molecule has 0 amide bonds. The first-order chi connectivity index (χ1) is 9.79. The van der Waals surface area contributed by atoms with Crippen LogP contribution in [0.1, 0.15) is 19.8 Å². The van der Waals surface area contributed by atoms with Crippen LogP contribution in [0.3, 0.4) is 0 Å². The van der Waals surface area contributed by atoms with Crippen LogP contribution in [0.2, 0.25) is 0 Å². The van der Waals surface area contributed by atoms with Crippen molar-refractivity contribution >= 4 is 16.6 Å². The minimum Gasteiger partial charge on any atom is -0.356 e.